The first-order chi connectivity index (χ1) is 7.44. The van der Waals surface area contributed by atoms with Crippen LogP contribution >= 0.6 is 11.6 Å². The van der Waals surface area contributed by atoms with Gasteiger partial charge in [0.25, 0.3) is 0 Å². The molecule has 0 aromatic carbocycles. The molecule has 0 aromatic heterocycles. The largest absolute Gasteiger partial charge is 0.324 e. The summed E-state index contributed by atoms with van der Waals surface area (Å²) in [5.41, 5.74) is 0.303. The molecule has 0 bridgehead atoms. The molecular weight excluding hydrogens is 228 g/mol. The van der Waals surface area contributed by atoms with E-state index in [1.54, 1.807) is 4.90 Å². The van der Waals surface area contributed by atoms with Gasteiger partial charge in [-0.05, 0) is 18.3 Å². The number of alkyl halides is 1. The Labute approximate surface area is 101 Å². The molecule has 92 valence electrons. The summed E-state index contributed by atoms with van der Waals surface area (Å²) in [6.45, 7) is 5.82. The second-order valence-corrected chi connectivity index (χ2v) is 5.32. The summed E-state index contributed by atoms with van der Waals surface area (Å²) >= 11 is 5.42. The van der Waals surface area contributed by atoms with E-state index in [9.17, 15) is 9.59 Å². The van der Waals surface area contributed by atoms with Crippen molar-refractivity contribution in [1.29, 1.82) is 0 Å². The van der Waals surface area contributed by atoms with Crippen LogP contribution in [-0.4, -0.2) is 35.8 Å². The first kappa shape index (κ1) is 13.3. The maximum atomic E-state index is 11.6. The van der Waals surface area contributed by atoms with E-state index in [4.69, 9.17) is 11.6 Å². The van der Waals surface area contributed by atoms with Crippen molar-refractivity contribution in [3.63, 3.8) is 0 Å². The number of hydrogen-bond acceptors (Lipinski definition) is 2. The van der Waals surface area contributed by atoms with E-state index in [0.717, 1.165) is 12.8 Å². The number of halogens is 1. The van der Waals surface area contributed by atoms with E-state index in [1.807, 2.05) is 0 Å². The van der Waals surface area contributed by atoms with Crippen LogP contribution in [0, 0.1) is 5.41 Å². The molecule has 1 heterocycles. The Hall–Kier alpha value is -0.770. The number of urea groups is 1. The summed E-state index contributed by atoms with van der Waals surface area (Å²) in [5, 5.41) is 2.34. The Balaban J connectivity index is 2.36. The van der Waals surface area contributed by atoms with Crippen LogP contribution in [0.5, 0.6) is 0 Å². The molecule has 5 heteroatoms. The van der Waals surface area contributed by atoms with E-state index in [2.05, 4.69) is 19.2 Å². The van der Waals surface area contributed by atoms with Crippen LogP contribution in [-0.2, 0) is 4.79 Å². The van der Waals surface area contributed by atoms with Gasteiger partial charge in [0.1, 0.15) is 0 Å². The molecule has 1 fully saturated rings. The minimum absolute atomic E-state index is 0.187. The number of hydrogen-bond donors (Lipinski definition) is 1. The van der Waals surface area contributed by atoms with Crippen LogP contribution in [0.4, 0.5) is 4.79 Å². The van der Waals surface area contributed by atoms with E-state index >= 15 is 0 Å². The Morgan fingerprint density at radius 3 is 2.38 bits per heavy atom. The molecule has 0 unspecified atom stereocenters. The molecule has 1 saturated heterocycles. The van der Waals surface area contributed by atoms with E-state index in [1.165, 1.54) is 0 Å². The fourth-order valence-corrected chi connectivity index (χ4v) is 1.83. The molecule has 1 N–H and O–H groups in total. The van der Waals surface area contributed by atoms with Crippen LogP contribution in [0.2, 0.25) is 0 Å². The highest BCUT2D eigenvalue weighted by atomic mass is 35.5. The first-order valence-electron chi connectivity index (χ1n) is 5.59. The Morgan fingerprint density at radius 1 is 1.31 bits per heavy atom. The predicted octanol–water partition coefficient (Wildman–Crippen LogP) is 1.97. The van der Waals surface area contributed by atoms with Crippen LogP contribution in [0.15, 0.2) is 0 Å². The number of carbonyl (C=O) groups is 2. The van der Waals surface area contributed by atoms with Crippen molar-refractivity contribution in [2.45, 2.75) is 33.1 Å². The van der Waals surface area contributed by atoms with Gasteiger partial charge in [0.05, 0.1) is 0 Å². The number of nitrogens with one attached hydrogen (secondary N) is 1. The molecular formula is C11H19ClN2O2. The normalized spacial score (nSPS) is 19.3. The molecule has 1 aliphatic rings. The highest BCUT2D eigenvalue weighted by molar-refractivity contribution is 6.19. The Kier molecular flexibility index (Phi) is 4.59. The van der Waals surface area contributed by atoms with Gasteiger partial charge in [-0.3, -0.25) is 10.1 Å². The van der Waals surface area contributed by atoms with Crippen LogP contribution < -0.4 is 5.32 Å². The lowest BCUT2D eigenvalue weighted by Crippen LogP contribution is -2.47. The number of imide groups is 1. The number of likely N-dealkylation sites (tertiary alicyclic amines) is 1. The molecule has 4 nitrogen and oxygen atoms in total. The second kappa shape index (κ2) is 5.53. The fourth-order valence-electron chi connectivity index (χ4n) is 1.66. The maximum Gasteiger partial charge on any atom is 0.324 e. The average molecular weight is 247 g/mol. The number of rotatable bonds is 2. The number of nitrogens with zero attached hydrogens (tertiary/aromatic N) is 1. The summed E-state index contributed by atoms with van der Waals surface area (Å²) in [6.07, 6.45) is 2.14. The highest BCUT2D eigenvalue weighted by Gasteiger charge is 2.28. The minimum atomic E-state index is -0.301. The van der Waals surface area contributed by atoms with Gasteiger partial charge in [-0.15, -0.1) is 11.6 Å². The van der Waals surface area contributed by atoms with Crippen LogP contribution in [0.3, 0.4) is 0 Å². The van der Waals surface area contributed by atoms with Gasteiger partial charge >= 0.3 is 6.03 Å². The van der Waals surface area contributed by atoms with Crippen molar-refractivity contribution >= 4 is 23.5 Å². The third-order valence-corrected chi connectivity index (χ3v) is 3.16. The Morgan fingerprint density at radius 2 is 1.88 bits per heavy atom. The van der Waals surface area contributed by atoms with Gasteiger partial charge in [-0.2, -0.15) is 0 Å². The van der Waals surface area contributed by atoms with Crippen LogP contribution in [0.1, 0.15) is 33.1 Å². The lowest BCUT2D eigenvalue weighted by Gasteiger charge is -2.36. The highest BCUT2D eigenvalue weighted by Crippen LogP contribution is 2.29. The lowest BCUT2D eigenvalue weighted by atomic mass is 9.83. The molecule has 16 heavy (non-hydrogen) atoms. The summed E-state index contributed by atoms with van der Waals surface area (Å²) in [5.74, 6) is -0.0589. The Bertz CT molecular complexity index is 269. The predicted molar refractivity (Wildman–Crippen MR) is 63.5 cm³/mol. The van der Waals surface area contributed by atoms with Gasteiger partial charge in [0.2, 0.25) is 5.91 Å². The van der Waals surface area contributed by atoms with Crippen LogP contribution in [0.25, 0.3) is 0 Å². The van der Waals surface area contributed by atoms with Crippen molar-refractivity contribution in [1.82, 2.24) is 10.2 Å². The monoisotopic (exact) mass is 246 g/mol. The molecule has 1 rings (SSSR count). The molecule has 1 aliphatic heterocycles. The standard InChI is InChI=1S/C11H19ClN2O2/c1-11(2)4-7-14(8-5-11)10(16)13-9(15)3-6-12/h3-8H2,1-2H3,(H,13,15,16). The number of amides is 3. The summed E-state index contributed by atoms with van der Waals surface area (Å²) in [6, 6.07) is -0.286. The third kappa shape index (κ3) is 4.00. The van der Waals surface area contributed by atoms with Gasteiger partial charge in [0, 0.05) is 25.4 Å². The van der Waals surface area contributed by atoms with Crippen molar-refractivity contribution in [3.05, 3.63) is 0 Å². The van der Waals surface area contributed by atoms with Gasteiger partial charge in [-0.25, -0.2) is 4.79 Å². The zero-order valence-corrected chi connectivity index (χ0v) is 10.6. The number of carbonyl (C=O) groups excluding carboxylic acids is 2. The summed E-state index contributed by atoms with van der Waals surface area (Å²) in [4.78, 5) is 24.5. The number of piperidine rings is 1. The second-order valence-electron chi connectivity index (χ2n) is 4.94. The molecule has 0 atom stereocenters. The summed E-state index contributed by atoms with van der Waals surface area (Å²) in [7, 11) is 0. The van der Waals surface area contributed by atoms with Gasteiger partial charge in [0.15, 0.2) is 0 Å². The molecule has 0 aliphatic carbocycles. The SMILES string of the molecule is CC1(C)CCN(C(=O)NC(=O)CCCl)CC1. The van der Waals surface area contributed by atoms with Gasteiger partial charge < -0.3 is 4.90 Å². The molecule has 0 aromatic rings. The minimum Gasteiger partial charge on any atom is -0.324 e. The van der Waals surface area contributed by atoms with Crippen molar-refractivity contribution in [2.24, 2.45) is 5.41 Å². The molecule has 0 radical (unpaired) electrons. The zero-order chi connectivity index (χ0) is 12.2. The third-order valence-electron chi connectivity index (χ3n) is 2.97. The first-order valence-corrected chi connectivity index (χ1v) is 6.13. The fraction of sp³-hybridized carbons (Fsp3) is 0.818. The maximum absolute atomic E-state index is 11.6. The molecule has 3 amide bonds. The van der Waals surface area contributed by atoms with Crippen molar-refractivity contribution < 1.29 is 9.59 Å². The average Bonchev–Trinajstić information content (AvgIpc) is 2.17. The summed E-state index contributed by atoms with van der Waals surface area (Å²) < 4.78 is 0. The molecule has 0 saturated carbocycles. The lowest BCUT2D eigenvalue weighted by molar-refractivity contribution is -0.119. The smallest absolute Gasteiger partial charge is 0.324 e. The zero-order valence-electron chi connectivity index (χ0n) is 9.88. The van der Waals surface area contributed by atoms with E-state index < -0.39 is 0 Å². The van der Waals surface area contributed by atoms with E-state index in [0.29, 0.717) is 18.5 Å². The van der Waals surface area contributed by atoms with Crippen molar-refractivity contribution in [3.8, 4) is 0 Å². The van der Waals surface area contributed by atoms with Crippen molar-refractivity contribution in [2.75, 3.05) is 19.0 Å². The topological polar surface area (TPSA) is 49.4 Å². The quantitative estimate of drug-likeness (QED) is 0.758. The van der Waals surface area contributed by atoms with E-state index in [-0.39, 0.29) is 24.2 Å². The molecule has 0 spiro atoms. The van der Waals surface area contributed by atoms with Gasteiger partial charge in [-0.1, -0.05) is 13.8 Å².